The van der Waals surface area contributed by atoms with Gasteiger partial charge in [0.25, 0.3) is 0 Å². The zero-order chi connectivity index (χ0) is 14.1. The molecule has 1 aliphatic heterocycles. The van der Waals surface area contributed by atoms with E-state index in [4.69, 9.17) is 5.11 Å². The molecular formula is C13H24N2O3. The lowest BCUT2D eigenvalue weighted by Gasteiger charge is -2.50. The Hall–Kier alpha value is -1.10. The molecule has 0 aromatic heterocycles. The van der Waals surface area contributed by atoms with Gasteiger partial charge in [0.2, 0.25) is 5.91 Å². The first-order chi connectivity index (χ1) is 8.16. The molecule has 1 fully saturated rings. The van der Waals surface area contributed by atoms with Crippen molar-refractivity contribution in [1.82, 2.24) is 9.80 Å². The van der Waals surface area contributed by atoms with Crippen molar-refractivity contribution in [3.05, 3.63) is 0 Å². The molecule has 5 heteroatoms. The molecule has 0 saturated carbocycles. The molecule has 18 heavy (non-hydrogen) atoms. The van der Waals surface area contributed by atoms with Crippen LogP contribution in [0.4, 0.5) is 0 Å². The summed E-state index contributed by atoms with van der Waals surface area (Å²) >= 11 is 0. The van der Waals surface area contributed by atoms with Gasteiger partial charge in [0.05, 0.1) is 6.04 Å². The molecule has 1 aliphatic rings. The Morgan fingerprint density at radius 3 is 2.50 bits per heavy atom. The normalized spacial score (nSPS) is 24.7. The molecule has 0 aromatic carbocycles. The van der Waals surface area contributed by atoms with E-state index in [0.29, 0.717) is 6.42 Å². The van der Waals surface area contributed by atoms with E-state index in [1.807, 2.05) is 27.7 Å². The van der Waals surface area contributed by atoms with E-state index in [1.165, 1.54) is 0 Å². The van der Waals surface area contributed by atoms with Crippen molar-refractivity contribution in [3.63, 3.8) is 0 Å². The van der Waals surface area contributed by atoms with E-state index >= 15 is 0 Å². The monoisotopic (exact) mass is 256 g/mol. The molecular weight excluding hydrogens is 232 g/mol. The summed E-state index contributed by atoms with van der Waals surface area (Å²) in [5.41, 5.74) is -0.207. The highest BCUT2D eigenvalue weighted by Gasteiger charge is 2.43. The molecule has 0 aliphatic carbocycles. The molecule has 0 radical (unpaired) electrons. The molecule has 1 heterocycles. The van der Waals surface area contributed by atoms with Crippen LogP contribution in [0.25, 0.3) is 0 Å². The minimum atomic E-state index is -0.848. The predicted molar refractivity (Wildman–Crippen MR) is 69.3 cm³/mol. The molecule has 0 spiro atoms. The van der Waals surface area contributed by atoms with Crippen molar-refractivity contribution in [1.29, 1.82) is 0 Å². The summed E-state index contributed by atoms with van der Waals surface area (Å²) in [6.07, 6.45) is 0.417. The van der Waals surface area contributed by atoms with Crippen molar-refractivity contribution >= 4 is 11.9 Å². The Morgan fingerprint density at radius 2 is 2.06 bits per heavy atom. The first kappa shape index (κ1) is 15.0. The Kier molecular flexibility index (Phi) is 4.37. The summed E-state index contributed by atoms with van der Waals surface area (Å²) in [6.45, 7) is 8.93. The van der Waals surface area contributed by atoms with E-state index < -0.39 is 5.97 Å². The van der Waals surface area contributed by atoms with Crippen LogP contribution in [-0.4, -0.2) is 58.0 Å². The molecule has 0 bridgehead atoms. The first-order valence-electron chi connectivity index (χ1n) is 6.42. The molecule has 5 nitrogen and oxygen atoms in total. The number of rotatable bonds is 4. The van der Waals surface area contributed by atoms with Crippen molar-refractivity contribution in [2.45, 2.75) is 58.2 Å². The zero-order valence-corrected chi connectivity index (χ0v) is 11.9. The fourth-order valence-corrected chi connectivity index (χ4v) is 2.42. The number of amides is 1. The summed E-state index contributed by atoms with van der Waals surface area (Å²) in [6, 6.07) is -0.0696. The number of nitrogens with zero attached hydrogens (tertiary/aromatic N) is 2. The molecule has 0 aromatic rings. The maximum atomic E-state index is 12.4. The largest absolute Gasteiger partial charge is 0.481 e. The SMILES string of the molecule is CC(C)N1CC(C)(C)N(C)C(=O)C1CCC(=O)O. The third-order valence-electron chi connectivity index (χ3n) is 3.79. The van der Waals surface area contributed by atoms with Crippen LogP contribution in [-0.2, 0) is 9.59 Å². The van der Waals surface area contributed by atoms with Crippen LogP contribution in [0, 0.1) is 0 Å². The Morgan fingerprint density at radius 1 is 1.50 bits per heavy atom. The zero-order valence-electron chi connectivity index (χ0n) is 11.9. The molecule has 1 unspecified atom stereocenters. The lowest BCUT2D eigenvalue weighted by molar-refractivity contribution is -0.152. The topological polar surface area (TPSA) is 60.9 Å². The van der Waals surface area contributed by atoms with E-state index in [0.717, 1.165) is 6.54 Å². The van der Waals surface area contributed by atoms with Crippen LogP contribution in [0.1, 0.15) is 40.5 Å². The van der Waals surface area contributed by atoms with E-state index in [-0.39, 0.29) is 30.0 Å². The van der Waals surface area contributed by atoms with Crippen molar-refractivity contribution in [3.8, 4) is 0 Å². The molecule has 104 valence electrons. The lowest BCUT2D eigenvalue weighted by atomic mass is 9.92. The third kappa shape index (κ3) is 3.02. The average molecular weight is 256 g/mol. The third-order valence-corrected chi connectivity index (χ3v) is 3.79. The quantitative estimate of drug-likeness (QED) is 0.820. The van der Waals surface area contributed by atoms with Gasteiger partial charge in [-0.05, 0) is 34.1 Å². The standard InChI is InChI=1S/C13H24N2O3/c1-9(2)15-8-13(3,4)14(5)12(18)10(15)6-7-11(16)17/h9-10H,6-8H2,1-5H3,(H,16,17). The van der Waals surface area contributed by atoms with Gasteiger partial charge >= 0.3 is 5.97 Å². The van der Waals surface area contributed by atoms with Crippen LogP contribution < -0.4 is 0 Å². The number of carbonyl (C=O) groups excluding carboxylic acids is 1. The summed E-state index contributed by atoms with van der Waals surface area (Å²) in [7, 11) is 1.80. The minimum Gasteiger partial charge on any atom is -0.481 e. The fourth-order valence-electron chi connectivity index (χ4n) is 2.42. The molecule has 1 N–H and O–H groups in total. The number of hydrogen-bond donors (Lipinski definition) is 1. The number of carboxylic acid groups (broad SMARTS) is 1. The summed E-state index contributed by atoms with van der Waals surface area (Å²) in [4.78, 5) is 26.9. The van der Waals surface area contributed by atoms with Gasteiger partial charge in [-0.2, -0.15) is 0 Å². The summed E-state index contributed by atoms with van der Waals surface area (Å²) in [5, 5.41) is 8.78. The van der Waals surface area contributed by atoms with Gasteiger partial charge in [-0.1, -0.05) is 0 Å². The van der Waals surface area contributed by atoms with E-state index in [1.54, 1.807) is 11.9 Å². The van der Waals surface area contributed by atoms with Crippen LogP contribution in [0.5, 0.6) is 0 Å². The fraction of sp³-hybridized carbons (Fsp3) is 0.846. The van der Waals surface area contributed by atoms with Gasteiger partial charge in [0, 0.05) is 31.6 Å². The number of piperazine rings is 1. The van der Waals surface area contributed by atoms with Gasteiger partial charge in [-0.25, -0.2) is 0 Å². The minimum absolute atomic E-state index is 0.0289. The number of carbonyl (C=O) groups is 2. The second-order valence-corrected chi connectivity index (χ2v) is 5.92. The molecule has 1 amide bonds. The molecule has 1 saturated heterocycles. The highest BCUT2D eigenvalue weighted by atomic mass is 16.4. The van der Waals surface area contributed by atoms with Crippen LogP contribution >= 0.6 is 0 Å². The van der Waals surface area contributed by atoms with Crippen molar-refractivity contribution in [2.24, 2.45) is 0 Å². The first-order valence-corrected chi connectivity index (χ1v) is 6.42. The number of likely N-dealkylation sites (N-methyl/N-ethyl adjacent to an activating group) is 1. The van der Waals surface area contributed by atoms with Crippen molar-refractivity contribution in [2.75, 3.05) is 13.6 Å². The second kappa shape index (κ2) is 5.26. The lowest BCUT2D eigenvalue weighted by Crippen LogP contribution is -2.66. The number of hydrogen-bond acceptors (Lipinski definition) is 3. The number of carboxylic acids is 1. The smallest absolute Gasteiger partial charge is 0.303 e. The van der Waals surface area contributed by atoms with Gasteiger partial charge < -0.3 is 10.0 Å². The van der Waals surface area contributed by atoms with Gasteiger partial charge in [0.1, 0.15) is 0 Å². The maximum Gasteiger partial charge on any atom is 0.303 e. The molecule has 1 rings (SSSR count). The second-order valence-electron chi connectivity index (χ2n) is 5.92. The van der Waals surface area contributed by atoms with Crippen molar-refractivity contribution < 1.29 is 14.7 Å². The maximum absolute atomic E-state index is 12.4. The predicted octanol–water partition coefficient (Wildman–Crippen LogP) is 1.18. The van der Waals surface area contributed by atoms with E-state index in [9.17, 15) is 9.59 Å². The summed E-state index contributed by atoms with van der Waals surface area (Å²) < 4.78 is 0. The van der Waals surface area contributed by atoms with Gasteiger partial charge in [-0.15, -0.1) is 0 Å². The Bertz CT molecular complexity index is 339. The van der Waals surface area contributed by atoms with Crippen LogP contribution in [0.2, 0.25) is 0 Å². The van der Waals surface area contributed by atoms with E-state index in [2.05, 4.69) is 4.90 Å². The van der Waals surface area contributed by atoms with Crippen LogP contribution in [0.3, 0.4) is 0 Å². The number of aliphatic carboxylic acids is 1. The van der Waals surface area contributed by atoms with Crippen LogP contribution in [0.15, 0.2) is 0 Å². The highest BCUT2D eigenvalue weighted by molar-refractivity contribution is 5.84. The molecule has 1 atom stereocenters. The Labute approximate surface area is 109 Å². The van der Waals surface area contributed by atoms with Gasteiger partial charge in [0.15, 0.2) is 0 Å². The summed E-state index contributed by atoms with van der Waals surface area (Å²) in [5.74, 6) is -0.819. The highest BCUT2D eigenvalue weighted by Crippen LogP contribution is 2.27. The van der Waals surface area contributed by atoms with Gasteiger partial charge in [-0.3, -0.25) is 14.5 Å². The average Bonchev–Trinajstić information content (AvgIpc) is 2.24. The Balaban J connectivity index is 2.90.